The van der Waals surface area contributed by atoms with Crippen molar-refractivity contribution in [1.82, 2.24) is 10.2 Å². The molecule has 29 heavy (non-hydrogen) atoms. The number of carboxylic acid groups (broad SMARTS) is 1. The highest BCUT2D eigenvalue weighted by Gasteiger charge is 2.28. The van der Waals surface area contributed by atoms with Crippen LogP contribution in [-0.4, -0.2) is 41.3 Å². The number of aliphatic carboxylic acids is 1. The average Bonchev–Trinajstić information content (AvgIpc) is 2.67. The average molecular weight is 396 g/mol. The van der Waals surface area contributed by atoms with Gasteiger partial charge in [0, 0.05) is 36.2 Å². The predicted octanol–water partition coefficient (Wildman–Crippen LogP) is 3.11. The topological polar surface area (TPSA) is 86.7 Å². The molecule has 1 amide bonds. The van der Waals surface area contributed by atoms with Gasteiger partial charge >= 0.3 is 5.97 Å². The monoisotopic (exact) mass is 396 g/mol. The number of carboxylic acids is 1. The Balaban J connectivity index is 2.05. The Morgan fingerprint density at radius 1 is 1.38 bits per heavy atom. The molecule has 2 N–H and O–H groups in total. The SMILES string of the molecule is C=C1CCC(N(C)Cc2c(C#CCCCCCC(=O)O)cccc2C=O)C(=O)N1. The Bertz CT molecular complexity index is 835. The summed E-state index contributed by atoms with van der Waals surface area (Å²) in [5, 5.41) is 11.4. The van der Waals surface area contributed by atoms with Gasteiger partial charge in [0.05, 0.1) is 6.04 Å². The van der Waals surface area contributed by atoms with Crippen LogP contribution in [0.5, 0.6) is 0 Å². The van der Waals surface area contributed by atoms with Crippen molar-refractivity contribution in [2.45, 2.75) is 57.5 Å². The maximum atomic E-state index is 12.3. The van der Waals surface area contributed by atoms with Gasteiger partial charge in [-0.1, -0.05) is 37.0 Å². The van der Waals surface area contributed by atoms with Crippen LogP contribution in [0.1, 0.15) is 66.4 Å². The zero-order valence-electron chi connectivity index (χ0n) is 16.9. The van der Waals surface area contributed by atoms with Crippen LogP contribution in [0.15, 0.2) is 30.5 Å². The number of piperidine rings is 1. The highest BCUT2D eigenvalue weighted by Crippen LogP contribution is 2.20. The number of nitrogens with one attached hydrogen (secondary N) is 1. The third-order valence-electron chi connectivity index (χ3n) is 5.02. The Labute approximate surface area is 172 Å². The van der Waals surface area contributed by atoms with E-state index < -0.39 is 5.97 Å². The fourth-order valence-electron chi connectivity index (χ4n) is 3.38. The summed E-state index contributed by atoms with van der Waals surface area (Å²) in [6, 6.07) is 5.18. The highest BCUT2D eigenvalue weighted by molar-refractivity contribution is 5.84. The number of unbranched alkanes of at least 4 members (excludes halogenated alkanes) is 3. The fourth-order valence-corrected chi connectivity index (χ4v) is 3.38. The molecule has 0 bridgehead atoms. The molecule has 154 valence electrons. The summed E-state index contributed by atoms with van der Waals surface area (Å²) in [5.74, 6) is 5.43. The minimum atomic E-state index is -0.772. The van der Waals surface area contributed by atoms with Gasteiger partial charge in [-0.3, -0.25) is 19.3 Å². The number of likely N-dealkylation sites (N-methyl/N-ethyl adjacent to an activating group) is 1. The van der Waals surface area contributed by atoms with Crippen LogP contribution in [0, 0.1) is 11.8 Å². The third-order valence-corrected chi connectivity index (χ3v) is 5.02. The summed E-state index contributed by atoms with van der Waals surface area (Å²) in [5.41, 5.74) is 2.92. The molecule has 1 aliphatic rings. The summed E-state index contributed by atoms with van der Waals surface area (Å²) in [6.07, 6.45) is 5.45. The van der Waals surface area contributed by atoms with Crippen molar-refractivity contribution in [3.63, 3.8) is 0 Å². The minimum absolute atomic E-state index is 0.0682. The molecule has 0 spiro atoms. The van der Waals surface area contributed by atoms with Crippen molar-refractivity contribution < 1.29 is 19.5 Å². The van der Waals surface area contributed by atoms with Crippen molar-refractivity contribution in [2.75, 3.05) is 7.05 Å². The van der Waals surface area contributed by atoms with E-state index in [0.29, 0.717) is 31.4 Å². The van der Waals surface area contributed by atoms with Gasteiger partial charge in [-0.15, -0.1) is 0 Å². The largest absolute Gasteiger partial charge is 0.481 e. The molecule has 0 aromatic heterocycles. The van der Waals surface area contributed by atoms with Crippen LogP contribution >= 0.6 is 0 Å². The lowest BCUT2D eigenvalue weighted by Gasteiger charge is -2.31. The van der Waals surface area contributed by atoms with Gasteiger partial charge < -0.3 is 10.4 Å². The minimum Gasteiger partial charge on any atom is -0.481 e. The first-order valence-corrected chi connectivity index (χ1v) is 9.89. The van der Waals surface area contributed by atoms with Gasteiger partial charge in [-0.2, -0.15) is 0 Å². The molecule has 1 aromatic rings. The molecule has 1 aromatic carbocycles. The van der Waals surface area contributed by atoms with Crippen LogP contribution in [0.4, 0.5) is 0 Å². The Hall–Kier alpha value is -2.91. The zero-order chi connectivity index (χ0) is 21.2. The number of amides is 1. The number of hydrogen-bond donors (Lipinski definition) is 2. The Morgan fingerprint density at radius 3 is 2.86 bits per heavy atom. The molecule has 1 heterocycles. The summed E-state index contributed by atoms with van der Waals surface area (Å²) >= 11 is 0. The van der Waals surface area contributed by atoms with Crippen molar-refractivity contribution >= 4 is 18.2 Å². The molecule has 6 heteroatoms. The van der Waals surface area contributed by atoms with E-state index in [1.807, 2.05) is 18.0 Å². The number of aldehydes is 1. The van der Waals surface area contributed by atoms with Crippen LogP contribution in [-0.2, 0) is 16.1 Å². The number of benzene rings is 1. The highest BCUT2D eigenvalue weighted by atomic mass is 16.4. The van der Waals surface area contributed by atoms with Crippen molar-refractivity contribution in [2.24, 2.45) is 0 Å². The summed E-state index contributed by atoms with van der Waals surface area (Å²) < 4.78 is 0. The van der Waals surface area contributed by atoms with Crippen molar-refractivity contribution in [1.29, 1.82) is 0 Å². The Morgan fingerprint density at radius 2 is 2.17 bits per heavy atom. The van der Waals surface area contributed by atoms with Gasteiger partial charge in [0.25, 0.3) is 0 Å². The molecule has 0 saturated carbocycles. The van der Waals surface area contributed by atoms with E-state index in [-0.39, 0.29) is 18.4 Å². The van der Waals surface area contributed by atoms with E-state index in [9.17, 15) is 14.4 Å². The first kappa shape index (κ1) is 22.4. The lowest BCUT2D eigenvalue weighted by molar-refractivity contribution is -0.137. The summed E-state index contributed by atoms with van der Waals surface area (Å²) in [7, 11) is 1.87. The lowest BCUT2D eigenvalue weighted by Crippen LogP contribution is -2.47. The molecule has 1 atom stereocenters. The quantitative estimate of drug-likeness (QED) is 0.380. The maximum Gasteiger partial charge on any atom is 0.303 e. The van der Waals surface area contributed by atoms with Gasteiger partial charge in [-0.05, 0) is 44.4 Å². The Kier molecular flexibility index (Phi) is 8.63. The normalized spacial score (nSPS) is 16.1. The van der Waals surface area contributed by atoms with E-state index >= 15 is 0 Å². The van der Waals surface area contributed by atoms with E-state index in [2.05, 4.69) is 23.7 Å². The number of hydrogen-bond acceptors (Lipinski definition) is 4. The van der Waals surface area contributed by atoms with Crippen LogP contribution in [0.25, 0.3) is 0 Å². The first-order valence-electron chi connectivity index (χ1n) is 9.89. The standard InChI is InChI=1S/C23H28N2O4/c1-17-13-14-21(23(29)24-17)25(2)15-20-18(10-8-11-19(20)16-26)9-6-4-3-5-7-12-22(27)28/h8,10-11,16,21H,1,3-5,7,12-15H2,2H3,(H,24,29)(H,27,28). The van der Waals surface area contributed by atoms with E-state index in [1.54, 1.807) is 12.1 Å². The number of allylic oxidation sites excluding steroid dienone is 1. The number of rotatable bonds is 9. The van der Waals surface area contributed by atoms with Crippen molar-refractivity contribution in [3.05, 3.63) is 47.2 Å². The molecule has 0 aliphatic carbocycles. The molecule has 1 aliphatic heterocycles. The van der Waals surface area contributed by atoms with Gasteiger partial charge in [0.15, 0.2) is 0 Å². The molecule has 1 saturated heterocycles. The lowest BCUT2D eigenvalue weighted by atomic mass is 9.98. The first-order chi connectivity index (χ1) is 13.9. The van der Waals surface area contributed by atoms with Crippen molar-refractivity contribution in [3.8, 4) is 11.8 Å². The molecule has 1 unspecified atom stereocenters. The van der Waals surface area contributed by atoms with Crippen LogP contribution < -0.4 is 5.32 Å². The molecule has 2 rings (SSSR count). The predicted molar refractivity (Wildman–Crippen MR) is 111 cm³/mol. The second-order valence-corrected chi connectivity index (χ2v) is 7.31. The van der Waals surface area contributed by atoms with E-state index in [1.165, 1.54) is 0 Å². The number of carbonyl (C=O) groups is 3. The van der Waals surface area contributed by atoms with E-state index in [4.69, 9.17) is 5.11 Å². The molecular formula is C23H28N2O4. The summed E-state index contributed by atoms with van der Waals surface area (Å²) in [6.45, 7) is 4.26. The molecule has 1 fully saturated rings. The zero-order valence-corrected chi connectivity index (χ0v) is 16.9. The molecule has 0 radical (unpaired) electrons. The second kappa shape index (κ2) is 11.2. The third kappa shape index (κ3) is 6.88. The fraction of sp³-hybridized carbons (Fsp3) is 0.435. The van der Waals surface area contributed by atoms with Gasteiger partial charge in [0.2, 0.25) is 5.91 Å². The van der Waals surface area contributed by atoms with Gasteiger partial charge in [0.1, 0.15) is 6.29 Å². The smallest absolute Gasteiger partial charge is 0.303 e. The molecule has 6 nitrogen and oxygen atoms in total. The van der Waals surface area contributed by atoms with Gasteiger partial charge in [-0.25, -0.2) is 0 Å². The second-order valence-electron chi connectivity index (χ2n) is 7.31. The maximum absolute atomic E-state index is 12.3. The number of nitrogens with zero attached hydrogens (tertiary/aromatic N) is 1. The summed E-state index contributed by atoms with van der Waals surface area (Å²) in [4.78, 5) is 36.3. The van der Waals surface area contributed by atoms with E-state index in [0.717, 1.165) is 42.4 Å². The number of carbonyl (C=O) groups excluding carboxylic acids is 2. The van der Waals surface area contributed by atoms with Crippen LogP contribution in [0.3, 0.4) is 0 Å². The van der Waals surface area contributed by atoms with Crippen LogP contribution in [0.2, 0.25) is 0 Å². The molecular weight excluding hydrogens is 368 g/mol.